The molecule has 2 aromatic heterocycles. The molecule has 1 aromatic carbocycles. The lowest BCUT2D eigenvalue weighted by atomic mass is 10.0. The summed E-state index contributed by atoms with van der Waals surface area (Å²) in [5.74, 6) is 0.648. The second-order valence-electron chi connectivity index (χ2n) is 5.33. The molecule has 0 unspecified atom stereocenters. The first-order chi connectivity index (χ1) is 9.81. The molecule has 3 aromatic rings. The Morgan fingerprint density at radius 1 is 1.25 bits per heavy atom. The molecule has 2 N–H and O–H groups in total. The number of pyridine rings is 1. The van der Waals surface area contributed by atoms with Crippen LogP contribution in [0.15, 0.2) is 36.7 Å². The van der Waals surface area contributed by atoms with Crippen molar-refractivity contribution in [3.8, 4) is 0 Å². The monoisotopic (exact) mass is 281 g/mol. The van der Waals surface area contributed by atoms with Crippen molar-refractivity contribution in [1.82, 2.24) is 9.97 Å². The first-order valence-corrected chi connectivity index (χ1v) is 7.69. The SMILES string of the molecule is Nc1nc(C2CC2)c(Cc2cccc3cnccc23)s1. The molecule has 0 saturated heterocycles. The summed E-state index contributed by atoms with van der Waals surface area (Å²) in [6, 6.07) is 8.48. The third kappa shape index (κ3) is 2.06. The van der Waals surface area contributed by atoms with Gasteiger partial charge in [0.25, 0.3) is 0 Å². The van der Waals surface area contributed by atoms with Crippen molar-refractivity contribution in [2.75, 3.05) is 5.73 Å². The summed E-state index contributed by atoms with van der Waals surface area (Å²) < 4.78 is 0. The van der Waals surface area contributed by atoms with E-state index in [1.54, 1.807) is 11.3 Å². The maximum Gasteiger partial charge on any atom is 0.180 e. The van der Waals surface area contributed by atoms with Crippen molar-refractivity contribution in [3.05, 3.63) is 52.8 Å². The number of nitrogens with two attached hydrogens (primary N) is 1. The smallest absolute Gasteiger partial charge is 0.180 e. The Morgan fingerprint density at radius 3 is 3.00 bits per heavy atom. The first kappa shape index (κ1) is 11.9. The number of fused-ring (bicyclic) bond motifs is 1. The van der Waals surface area contributed by atoms with Crippen LogP contribution in [0, 0.1) is 0 Å². The van der Waals surface area contributed by atoms with Gasteiger partial charge in [0, 0.05) is 35.0 Å². The number of hydrogen-bond acceptors (Lipinski definition) is 4. The quantitative estimate of drug-likeness (QED) is 0.795. The van der Waals surface area contributed by atoms with Gasteiger partial charge >= 0.3 is 0 Å². The highest BCUT2D eigenvalue weighted by atomic mass is 32.1. The van der Waals surface area contributed by atoms with Crippen molar-refractivity contribution in [2.24, 2.45) is 0 Å². The van der Waals surface area contributed by atoms with E-state index < -0.39 is 0 Å². The number of benzene rings is 1. The number of hydrogen-bond donors (Lipinski definition) is 1. The number of nitrogens with zero attached hydrogens (tertiary/aromatic N) is 2. The van der Waals surface area contributed by atoms with Crippen LogP contribution in [0.5, 0.6) is 0 Å². The summed E-state index contributed by atoms with van der Waals surface area (Å²) in [5.41, 5.74) is 8.47. The lowest BCUT2D eigenvalue weighted by molar-refractivity contribution is 1.01. The molecule has 4 rings (SSSR count). The summed E-state index contributed by atoms with van der Waals surface area (Å²) in [7, 11) is 0. The van der Waals surface area contributed by atoms with Gasteiger partial charge in [0.2, 0.25) is 0 Å². The highest BCUT2D eigenvalue weighted by molar-refractivity contribution is 7.15. The number of anilines is 1. The highest BCUT2D eigenvalue weighted by Crippen LogP contribution is 2.43. The lowest BCUT2D eigenvalue weighted by Crippen LogP contribution is -1.92. The van der Waals surface area contributed by atoms with Crippen molar-refractivity contribution in [3.63, 3.8) is 0 Å². The molecule has 3 nitrogen and oxygen atoms in total. The Hall–Kier alpha value is -1.94. The molecule has 1 fully saturated rings. The van der Waals surface area contributed by atoms with Crippen molar-refractivity contribution in [1.29, 1.82) is 0 Å². The van der Waals surface area contributed by atoms with E-state index in [4.69, 9.17) is 5.73 Å². The molecule has 0 spiro atoms. The third-order valence-corrected chi connectivity index (χ3v) is 4.73. The molecule has 1 aliphatic rings. The zero-order valence-electron chi connectivity index (χ0n) is 11.0. The van der Waals surface area contributed by atoms with Crippen LogP contribution in [-0.4, -0.2) is 9.97 Å². The van der Waals surface area contributed by atoms with E-state index in [2.05, 4.69) is 34.2 Å². The molecule has 0 atom stereocenters. The minimum atomic E-state index is 0.648. The largest absolute Gasteiger partial charge is 0.375 e. The Morgan fingerprint density at radius 2 is 2.15 bits per heavy atom. The maximum absolute atomic E-state index is 5.91. The molecule has 4 heteroatoms. The van der Waals surface area contributed by atoms with Crippen LogP contribution in [0.4, 0.5) is 5.13 Å². The van der Waals surface area contributed by atoms with Crippen molar-refractivity contribution >= 4 is 27.2 Å². The average Bonchev–Trinajstić information content (AvgIpc) is 3.24. The molecule has 0 amide bonds. The zero-order valence-corrected chi connectivity index (χ0v) is 11.9. The minimum absolute atomic E-state index is 0.648. The third-order valence-electron chi connectivity index (χ3n) is 3.83. The standard InChI is InChI=1S/C16H15N3S/c17-16-19-15(10-4-5-10)14(20-16)8-11-2-1-3-12-9-18-7-6-13(11)12/h1-3,6-7,9-10H,4-5,8H2,(H2,17,19). The summed E-state index contributed by atoms with van der Waals surface area (Å²) in [6.45, 7) is 0. The van der Waals surface area contributed by atoms with E-state index in [0.717, 1.165) is 6.42 Å². The Kier molecular flexibility index (Phi) is 2.70. The van der Waals surface area contributed by atoms with Crippen LogP contribution in [0.1, 0.15) is 34.9 Å². The van der Waals surface area contributed by atoms with Crippen LogP contribution in [0.25, 0.3) is 10.8 Å². The fourth-order valence-corrected chi connectivity index (χ4v) is 3.64. The van der Waals surface area contributed by atoms with Crippen LogP contribution < -0.4 is 5.73 Å². The van der Waals surface area contributed by atoms with Gasteiger partial charge in [-0.3, -0.25) is 4.98 Å². The normalized spacial score (nSPS) is 14.8. The van der Waals surface area contributed by atoms with Gasteiger partial charge in [0.15, 0.2) is 5.13 Å². The van der Waals surface area contributed by atoms with Gasteiger partial charge in [-0.1, -0.05) is 18.2 Å². The minimum Gasteiger partial charge on any atom is -0.375 e. The van der Waals surface area contributed by atoms with Crippen LogP contribution >= 0.6 is 11.3 Å². The highest BCUT2D eigenvalue weighted by Gasteiger charge is 2.29. The molecule has 2 heterocycles. The number of thiazole rings is 1. The van der Waals surface area contributed by atoms with Gasteiger partial charge in [-0.2, -0.15) is 0 Å². The summed E-state index contributed by atoms with van der Waals surface area (Å²) in [5, 5.41) is 3.16. The topological polar surface area (TPSA) is 51.8 Å². The van der Waals surface area contributed by atoms with Crippen LogP contribution in [-0.2, 0) is 6.42 Å². The molecule has 1 saturated carbocycles. The van der Waals surface area contributed by atoms with E-state index in [1.807, 2.05) is 12.4 Å². The molecular formula is C16H15N3S. The fourth-order valence-electron chi connectivity index (χ4n) is 2.70. The van der Waals surface area contributed by atoms with Gasteiger partial charge in [-0.15, -0.1) is 11.3 Å². The van der Waals surface area contributed by atoms with Crippen molar-refractivity contribution < 1.29 is 0 Å². The first-order valence-electron chi connectivity index (χ1n) is 6.88. The fraction of sp³-hybridized carbons (Fsp3) is 0.250. The number of rotatable bonds is 3. The number of nitrogen functional groups attached to an aromatic ring is 1. The average molecular weight is 281 g/mol. The van der Waals surface area contributed by atoms with E-state index in [1.165, 1.54) is 39.7 Å². The second kappa shape index (κ2) is 4.56. The Balaban J connectivity index is 1.77. The molecule has 1 aliphatic carbocycles. The molecule has 20 heavy (non-hydrogen) atoms. The van der Waals surface area contributed by atoms with Crippen LogP contribution in [0.3, 0.4) is 0 Å². The van der Waals surface area contributed by atoms with E-state index >= 15 is 0 Å². The van der Waals surface area contributed by atoms with Crippen molar-refractivity contribution in [2.45, 2.75) is 25.2 Å². The van der Waals surface area contributed by atoms with E-state index in [9.17, 15) is 0 Å². The Labute approximate surface area is 121 Å². The van der Waals surface area contributed by atoms with E-state index in [-0.39, 0.29) is 0 Å². The Bertz CT molecular complexity index is 769. The van der Waals surface area contributed by atoms with Gasteiger partial charge < -0.3 is 5.73 Å². The molecule has 0 aliphatic heterocycles. The van der Waals surface area contributed by atoms with Gasteiger partial charge in [-0.05, 0) is 29.9 Å². The molecular weight excluding hydrogens is 266 g/mol. The summed E-state index contributed by atoms with van der Waals surface area (Å²) in [4.78, 5) is 10.1. The lowest BCUT2D eigenvalue weighted by Gasteiger charge is -2.06. The molecule has 0 radical (unpaired) electrons. The molecule has 0 bridgehead atoms. The van der Waals surface area contributed by atoms with Gasteiger partial charge in [0.05, 0.1) is 5.69 Å². The van der Waals surface area contributed by atoms with Gasteiger partial charge in [-0.25, -0.2) is 4.98 Å². The number of aromatic nitrogens is 2. The zero-order chi connectivity index (χ0) is 13.5. The second-order valence-corrected chi connectivity index (χ2v) is 6.44. The summed E-state index contributed by atoms with van der Waals surface area (Å²) in [6.07, 6.45) is 7.21. The van der Waals surface area contributed by atoms with Crippen LogP contribution in [0.2, 0.25) is 0 Å². The maximum atomic E-state index is 5.91. The predicted molar refractivity (Wildman–Crippen MR) is 83.1 cm³/mol. The summed E-state index contributed by atoms with van der Waals surface area (Å²) >= 11 is 1.64. The predicted octanol–water partition coefficient (Wildman–Crippen LogP) is 3.74. The van der Waals surface area contributed by atoms with E-state index in [0.29, 0.717) is 11.0 Å². The van der Waals surface area contributed by atoms with Gasteiger partial charge in [0.1, 0.15) is 0 Å². The molecule has 100 valence electrons.